The van der Waals surface area contributed by atoms with Gasteiger partial charge in [-0.1, -0.05) is 11.8 Å². The molecule has 2 heterocycles. The molecule has 2 rings (SSSR count). The number of furan rings is 1. The van der Waals surface area contributed by atoms with Crippen molar-refractivity contribution in [2.24, 2.45) is 0 Å². The van der Waals surface area contributed by atoms with Crippen LogP contribution in [0.15, 0.2) is 27.8 Å². The molecule has 110 valence electrons. The van der Waals surface area contributed by atoms with Gasteiger partial charge in [-0.25, -0.2) is 9.97 Å². The summed E-state index contributed by atoms with van der Waals surface area (Å²) in [5, 5.41) is 3.02. The highest BCUT2D eigenvalue weighted by molar-refractivity contribution is 8.00. The summed E-state index contributed by atoms with van der Waals surface area (Å²) in [7, 11) is 1.56. The highest BCUT2D eigenvalue weighted by Crippen LogP contribution is 2.26. The zero-order valence-electron chi connectivity index (χ0n) is 12.0. The third kappa shape index (κ3) is 3.49. The number of carbonyl (C=O) groups excluding carboxylic acids is 2. The van der Waals surface area contributed by atoms with E-state index in [0.29, 0.717) is 27.9 Å². The maximum absolute atomic E-state index is 11.8. The number of aromatic nitrogens is 2. The molecule has 0 aliphatic rings. The van der Waals surface area contributed by atoms with Crippen LogP contribution in [0.2, 0.25) is 0 Å². The molecular formula is C14H15N3O3S. The summed E-state index contributed by atoms with van der Waals surface area (Å²) < 4.78 is 5.28. The fourth-order valence-corrected chi connectivity index (χ4v) is 2.78. The lowest BCUT2D eigenvalue weighted by molar-refractivity contribution is -0.118. The zero-order valence-corrected chi connectivity index (χ0v) is 12.8. The topological polar surface area (TPSA) is 85.1 Å². The van der Waals surface area contributed by atoms with Gasteiger partial charge in [0.1, 0.15) is 5.03 Å². The van der Waals surface area contributed by atoms with Crippen LogP contribution in [0.25, 0.3) is 11.6 Å². The van der Waals surface area contributed by atoms with Crippen molar-refractivity contribution in [1.29, 1.82) is 0 Å². The van der Waals surface area contributed by atoms with Gasteiger partial charge in [-0.05, 0) is 26.0 Å². The van der Waals surface area contributed by atoms with E-state index in [1.807, 2.05) is 0 Å². The summed E-state index contributed by atoms with van der Waals surface area (Å²) in [5.41, 5.74) is 1.02. The maximum atomic E-state index is 11.8. The number of carbonyl (C=O) groups is 2. The second kappa shape index (κ2) is 6.53. The number of nitrogens with zero attached hydrogens (tertiary/aromatic N) is 2. The second-order valence-electron chi connectivity index (χ2n) is 4.31. The molecule has 6 nitrogen and oxygen atoms in total. The number of nitrogens with one attached hydrogen (secondary N) is 1. The fourth-order valence-electron chi connectivity index (χ4n) is 1.78. The van der Waals surface area contributed by atoms with Crippen LogP contribution in [0.4, 0.5) is 0 Å². The van der Waals surface area contributed by atoms with Crippen LogP contribution in [0.1, 0.15) is 23.0 Å². The summed E-state index contributed by atoms with van der Waals surface area (Å²) in [4.78, 5) is 31.8. The summed E-state index contributed by atoms with van der Waals surface area (Å²) in [6.45, 7) is 3.21. The minimum absolute atomic E-state index is 0.127. The Hall–Kier alpha value is -2.15. The van der Waals surface area contributed by atoms with Crippen LogP contribution in [-0.4, -0.2) is 34.5 Å². The molecule has 0 aliphatic heterocycles. The molecule has 0 aromatic carbocycles. The van der Waals surface area contributed by atoms with Crippen LogP contribution < -0.4 is 5.32 Å². The van der Waals surface area contributed by atoms with Crippen molar-refractivity contribution >= 4 is 23.5 Å². The van der Waals surface area contributed by atoms with Crippen molar-refractivity contribution in [2.45, 2.75) is 18.9 Å². The lowest BCUT2D eigenvalue weighted by atomic mass is 10.2. The van der Waals surface area contributed by atoms with Gasteiger partial charge in [0.05, 0.1) is 23.3 Å². The van der Waals surface area contributed by atoms with Gasteiger partial charge in [0.15, 0.2) is 17.4 Å². The predicted molar refractivity (Wildman–Crippen MR) is 79.3 cm³/mol. The van der Waals surface area contributed by atoms with E-state index in [-0.39, 0.29) is 17.4 Å². The van der Waals surface area contributed by atoms with Crippen molar-refractivity contribution in [3.8, 4) is 11.6 Å². The second-order valence-corrected chi connectivity index (χ2v) is 5.27. The Labute approximate surface area is 126 Å². The SMILES string of the molecule is CNC(=O)CSc1nc(-c2ccco2)nc(C)c1C(C)=O. The van der Waals surface area contributed by atoms with Gasteiger partial charge in [0.25, 0.3) is 0 Å². The van der Waals surface area contributed by atoms with E-state index in [0.717, 1.165) is 0 Å². The molecule has 0 aliphatic carbocycles. The summed E-state index contributed by atoms with van der Waals surface area (Å²) in [6, 6.07) is 3.49. The molecule has 7 heteroatoms. The Morgan fingerprint density at radius 3 is 2.71 bits per heavy atom. The first-order valence-electron chi connectivity index (χ1n) is 6.29. The van der Waals surface area contributed by atoms with E-state index in [2.05, 4.69) is 15.3 Å². The molecule has 2 aromatic rings. The Kier molecular flexibility index (Phi) is 4.74. The fraction of sp³-hybridized carbons (Fsp3) is 0.286. The van der Waals surface area contributed by atoms with Crippen molar-refractivity contribution in [3.63, 3.8) is 0 Å². The largest absolute Gasteiger partial charge is 0.461 e. The number of rotatable bonds is 5. The molecule has 21 heavy (non-hydrogen) atoms. The number of hydrogen-bond acceptors (Lipinski definition) is 6. The number of thioether (sulfide) groups is 1. The van der Waals surface area contributed by atoms with Gasteiger partial charge < -0.3 is 9.73 Å². The number of hydrogen-bond donors (Lipinski definition) is 1. The molecule has 0 radical (unpaired) electrons. The van der Waals surface area contributed by atoms with Gasteiger partial charge in [-0.15, -0.1) is 0 Å². The Morgan fingerprint density at radius 2 is 2.14 bits per heavy atom. The molecule has 0 bridgehead atoms. The first-order chi connectivity index (χ1) is 10.0. The maximum Gasteiger partial charge on any atom is 0.230 e. The number of amides is 1. The summed E-state index contributed by atoms with van der Waals surface area (Å²) in [6.07, 6.45) is 1.53. The van der Waals surface area contributed by atoms with Crippen molar-refractivity contribution < 1.29 is 14.0 Å². The molecule has 1 N–H and O–H groups in total. The summed E-state index contributed by atoms with van der Waals surface area (Å²) in [5.74, 6) is 0.852. The first kappa shape index (κ1) is 15.2. The molecule has 0 saturated heterocycles. The molecule has 0 unspecified atom stereocenters. The van der Waals surface area contributed by atoms with Gasteiger partial charge in [-0.3, -0.25) is 9.59 Å². The average molecular weight is 305 g/mol. The van der Waals surface area contributed by atoms with Crippen molar-refractivity contribution in [2.75, 3.05) is 12.8 Å². The van der Waals surface area contributed by atoms with Crippen LogP contribution in [0.5, 0.6) is 0 Å². The Balaban J connectivity index is 2.43. The van der Waals surface area contributed by atoms with E-state index in [1.165, 1.54) is 24.9 Å². The third-order valence-corrected chi connectivity index (χ3v) is 3.74. The molecule has 0 spiro atoms. The number of ketones is 1. The lowest BCUT2D eigenvalue weighted by Gasteiger charge is -2.09. The van der Waals surface area contributed by atoms with E-state index in [4.69, 9.17) is 4.42 Å². The van der Waals surface area contributed by atoms with Gasteiger partial charge >= 0.3 is 0 Å². The zero-order chi connectivity index (χ0) is 15.4. The molecule has 0 saturated carbocycles. The quantitative estimate of drug-likeness (QED) is 0.517. The molecular weight excluding hydrogens is 290 g/mol. The normalized spacial score (nSPS) is 10.4. The lowest BCUT2D eigenvalue weighted by Crippen LogP contribution is -2.20. The minimum Gasteiger partial charge on any atom is -0.461 e. The highest BCUT2D eigenvalue weighted by Gasteiger charge is 2.18. The number of Topliss-reactive ketones (excluding diaryl/α,β-unsaturated/α-hetero) is 1. The van der Waals surface area contributed by atoms with Gasteiger partial charge in [0.2, 0.25) is 5.91 Å². The van der Waals surface area contributed by atoms with E-state index >= 15 is 0 Å². The van der Waals surface area contributed by atoms with E-state index in [1.54, 1.807) is 26.1 Å². The highest BCUT2D eigenvalue weighted by atomic mass is 32.2. The summed E-state index contributed by atoms with van der Waals surface area (Å²) >= 11 is 1.21. The minimum atomic E-state index is -0.134. The predicted octanol–water partition coefficient (Wildman–Crippen LogP) is 2.09. The van der Waals surface area contributed by atoms with Crippen LogP contribution >= 0.6 is 11.8 Å². The molecule has 1 amide bonds. The standard InChI is InChI=1S/C14H15N3O3S/c1-8-12(9(2)18)14(21-7-11(19)15-3)17-13(16-8)10-5-4-6-20-10/h4-6H,7H2,1-3H3,(H,15,19). The average Bonchev–Trinajstić information content (AvgIpc) is 2.97. The van der Waals surface area contributed by atoms with Gasteiger partial charge in [-0.2, -0.15) is 0 Å². The van der Waals surface area contributed by atoms with E-state index in [9.17, 15) is 9.59 Å². The smallest absolute Gasteiger partial charge is 0.230 e. The van der Waals surface area contributed by atoms with Crippen LogP contribution in [0, 0.1) is 6.92 Å². The first-order valence-corrected chi connectivity index (χ1v) is 7.28. The van der Waals surface area contributed by atoms with Crippen molar-refractivity contribution in [1.82, 2.24) is 15.3 Å². The molecule has 0 fully saturated rings. The molecule has 2 aromatic heterocycles. The van der Waals surface area contributed by atoms with Crippen LogP contribution in [0.3, 0.4) is 0 Å². The van der Waals surface area contributed by atoms with E-state index < -0.39 is 0 Å². The Morgan fingerprint density at radius 1 is 1.38 bits per heavy atom. The molecule has 0 atom stereocenters. The number of aryl methyl sites for hydroxylation is 1. The van der Waals surface area contributed by atoms with Gasteiger partial charge in [0, 0.05) is 7.05 Å². The van der Waals surface area contributed by atoms with Crippen molar-refractivity contribution in [3.05, 3.63) is 29.7 Å². The third-order valence-electron chi connectivity index (χ3n) is 2.77. The monoisotopic (exact) mass is 305 g/mol. The Bertz CT molecular complexity index is 668. The van der Waals surface area contributed by atoms with Crippen LogP contribution in [-0.2, 0) is 4.79 Å².